The minimum Gasteiger partial charge on any atom is -0.436 e. The van der Waals surface area contributed by atoms with Crippen LogP contribution in [-0.2, 0) is 0 Å². The Kier molecular flexibility index (Phi) is 5.06. The first-order valence-corrected chi connectivity index (χ1v) is 10.2. The molecule has 1 N–H and O–H groups in total. The molecule has 4 rings (SSSR count). The molecule has 2 aliphatic rings. The molecule has 0 aliphatic carbocycles. The molecule has 10 heteroatoms. The standard InChI is InChI=1S/C20H26F3N5O2/c1-10(2)13-8-16(20(21,22)23)28-17(25-13)9-14(26-28)15-6-5-7-27(15)19(29)18-11(3)24-12(4)30-18/h9-10,13,15-16,25H,5-8H2,1-4H3/t13-,15-,16+/m0/s1. The minimum absolute atomic E-state index is 0.0455. The van der Waals surface area contributed by atoms with Gasteiger partial charge < -0.3 is 14.6 Å². The number of aryl methyl sites for hydroxylation is 2. The van der Waals surface area contributed by atoms with Gasteiger partial charge in [0.2, 0.25) is 5.76 Å². The highest BCUT2D eigenvalue weighted by molar-refractivity contribution is 5.93. The third-order valence-electron chi connectivity index (χ3n) is 6.00. The zero-order chi connectivity index (χ0) is 21.8. The summed E-state index contributed by atoms with van der Waals surface area (Å²) in [6.07, 6.45) is -3.08. The Morgan fingerprint density at radius 3 is 2.67 bits per heavy atom. The monoisotopic (exact) mass is 425 g/mol. The first kappa shape index (κ1) is 20.7. The SMILES string of the molecule is Cc1nc(C)c(C(=O)N2CCC[C@H]2c2cc3n(n2)[C@@H](C(F)(F)F)C[C@@H](C(C)C)N3)o1. The molecule has 164 valence electrons. The molecule has 1 amide bonds. The van der Waals surface area contributed by atoms with Crippen LogP contribution in [0.5, 0.6) is 0 Å². The van der Waals surface area contributed by atoms with E-state index in [0.717, 1.165) is 11.1 Å². The van der Waals surface area contributed by atoms with Gasteiger partial charge in [-0.3, -0.25) is 4.79 Å². The molecule has 4 heterocycles. The quantitative estimate of drug-likeness (QED) is 0.788. The maximum atomic E-state index is 13.7. The molecule has 0 bridgehead atoms. The molecule has 2 aromatic heterocycles. The largest absolute Gasteiger partial charge is 0.436 e. The van der Waals surface area contributed by atoms with Crippen LogP contribution in [-0.4, -0.2) is 44.3 Å². The fourth-order valence-electron chi connectivity index (χ4n) is 4.40. The van der Waals surface area contributed by atoms with Crippen LogP contribution in [0.25, 0.3) is 0 Å². The Labute approximate surface area is 172 Å². The highest BCUT2D eigenvalue weighted by Crippen LogP contribution is 2.43. The Bertz CT molecular complexity index is 949. The van der Waals surface area contributed by atoms with E-state index in [2.05, 4.69) is 15.4 Å². The van der Waals surface area contributed by atoms with Gasteiger partial charge >= 0.3 is 6.18 Å². The van der Waals surface area contributed by atoms with Crippen molar-refractivity contribution in [1.29, 1.82) is 0 Å². The average molecular weight is 425 g/mol. The number of hydrogen-bond acceptors (Lipinski definition) is 5. The van der Waals surface area contributed by atoms with E-state index >= 15 is 0 Å². The number of fused-ring (bicyclic) bond motifs is 1. The molecule has 0 aromatic carbocycles. The van der Waals surface area contributed by atoms with Crippen LogP contribution in [0.15, 0.2) is 10.5 Å². The number of oxazole rings is 1. The topological polar surface area (TPSA) is 76.2 Å². The zero-order valence-corrected chi connectivity index (χ0v) is 17.5. The molecule has 0 spiro atoms. The molecule has 0 radical (unpaired) electrons. The lowest BCUT2D eigenvalue weighted by molar-refractivity contribution is -0.174. The van der Waals surface area contributed by atoms with Crippen molar-refractivity contribution >= 4 is 11.7 Å². The summed E-state index contributed by atoms with van der Waals surface area (Å²) >= 11 is 0. The van der Waals surface area contributed by atoms with Gasteiger partial charge in [-0.15, -0.1) is 0 Å². The number of anilines is 1. The third-order valence-corrected chi connectivity index (χ3v) is 6.00. The smallest absolute Gasteiger partial charge is 0.410 e. The van der Waals surface area contributed by atoms with Crippen molar-refractivity contribution in [1.82, 2.24) is 19.7 Å². The molecule has 30 heavy (non-hydrogen) atoms. The summed E-state index contributed by atoms with van der Waals surface area (Å²) in [5.41, 5.74) is 0.974. The fraction of sp³-hybridized carbons (Fsp3) is 0.650. The van der Waals surface area contributed by atoms with Gasteiger partial charge in [-0.2, -0.15) is 18.3 Å². The van der Waals surface area contributed by atoms with Gasteiger partial charge in [0.1, 0.15) is 5.82 Å². The Balaban J connectivity index is 1.66. The summed E-state index contributed by atoms with van der Waals surface area (Å²) in [7, 11) is 0. The Morgan fingerprint density at radius 1 is 1.33 bits per heavy atom. The second kappa shape index (κ2) is 7.31. The predicted molar refractivity (Wildman–Crippen MR) is 103 cm³/mol. The van der Waals surface area contributed by atoms with Crippen LogP contribution in [0.4, 0.5) is 19.0 Å². The average Bonchev–Trinajstić information content (AvgIpc) is 3.36. The van der Waals surface area contributed by atoms with E-state index in [1.54, 1.807) is 24.8 Å². The molecule has 2 aromatic rings. The zero-order valence-electron chi connectivity index (χ0n) is 17.5. The second-order valence-corrected chi connectivity index (χ2v) is 8.49. The van der Waals surface area contributed by atoms with Gasteiger partial charge in [-0.05, 0) is 32.1 Å². The van der Waals surface area contributed by atoms with Gasteiger partial charge in [0, 0.05) is 25.6 Å². The van der Waals surface area contributed by atoms with Gasteiger partial charge in [0.05, 0.1) is 17.4 Å². The summed E-state index contributed by atoms with van der Waals surface area (Å²) in [6, 6.07) is -0.717. The van der Waals surface area contributed by atoms with Gasteiger partial charge in [-0.25, -0.2) is 9.67 Å². The Morgan fingerprint density at radius 2 is 2.07 bits per heavy atom. The van der Waals surface area contributed by atoms with Crippen molar-refractivity contribution in [2.45, 2.75) is 71.3 Å². The Hall–Kier alpha value is -2.52. The minimum atomic E-state index is -4.40. The number of nitrogens with zero attached hydrogens (tertiary/aromatic N) is 4. The van der Waals surface area contributed by atoms with Gasteiger partial charge in [-0.1, -0.05) is 13.8 Å². The highest BCUT2D eigenvalue weighted by Gasteiger charge is 2.47. The van der Waals surface area contributed by atoms with Crippen molar-refractivity contribution in [2.24, 2.45) is 5.92 Å². The molecule has 3 atom stereocenters. The molecular weight excluding hydrogens is 399 g/mol. The van der Waals surface area contributed by atoms with E-state index in [0.29, 0.717) is 36.1 Å². The summed E-state index contributed by atoms with van der Waals surface area (Å²) < 4.78 is 47.7. The first-order valence-electron chi connectivity index (χ1n) is 10.2. The number of rotatable bonds is 3. The van der Waals surface area contributed by atoms with Crippen molar-refractivity contribution in [3.05, 3.63) is 29.1 Å². The van der Waals surface area contributed by atoms with Crippen LogP contribution in [0.3, 0.4) is 0 Å². The summed E-state index contributed by atoms with van der Waals surface area (Å²) in [6.45, 7) is 7.67. The maximum absolute atomic E-state index is 13.7. The number of hydrogen-bond donors (Lipinski definition) is 1. The number of likely N-dealkylation sites (tertiary alicyclic amines) is 1. The third kappa shape index (κ3) is 3.56. The molecule has 2 aliphatic heterocycles. The molecule has 0 saturated carbocycles. The number of aromatic nitrogens is 3. The number of carbonyl (C=O) groups excluding carboxylic acids is 1. The highest BCUT2D eigenvalue weighted by atomic mass is 19.4. The van der Waals surface area contributed by atoms with E-state index in [1.807, 2.05) is 13.8 Å². The van der Waals surface area contributed by atoms with Crippen LogP contribution in [0.2, 0.25) is 0 Å². The predicted octanol–water partition coefficient (Wildman–Crippen LogP) is 4.41. The maximum Gasteiger partial charge on any atom is 0.410 e. The van der Waals surface area contributed by atoms with Crippen LogP contribution in [0.1, 0.15) is 73.0 Å². The molecular formula is C20H26F3N5O2. The fourth-order valence-corrected chi connectivity index (χ4v) is 4.40. The van der Waals surface area contributed by atoms with Crippen LogP contribution in [0, 0.1) is 19.8 Å². The van der Waals surface area contributed by atoms with Crippen molar-refractivity contribution in [3.8, 4) is 0 Å². The normalized spacial score (nSPS) is 24.3. The lowest BCUT2D eigenvalue weighted by Crippen LogP contribution is -2.41. The summed E-state index contributed by atoms with van der Waals surface area (Å²) in [5.74, 6) is 0.671. The molecule has 1 fully saturated rings. The number of nitrogens with one attached hydrogen (secondary N) is 1. The summed E-state index contributed by atoms with van der Waals surface area (Å²) in [5, 5.41) is 7.52. The number of amides is 1. The van der Waals surface area contributed by atoms with E-state index in [1.165, 1.54) is 0 Å². The summed E-state index contributed by atoms with van der Waals surface area (Å²) in [4.78, 5) is 18.8. The van der Waals surface area contributed by atoms with Crippen molar-refractivity contribution < 1.29 is 22.4 Å². The lowest BCUT2D eigenvalue weighted by Gasteiger charge is -2.35. The van der Waals surface area contributed by atoms with Crippen molar-refractivity contribution in [2.75, 3.05) is 11.9 Å². The van der Waals surface area contributed by atoms with Crippen LogP contribution >= 0.6 is 0 Å². The lowest BCUT2D eigenvalue weighted by atomic mass is 9.94. The number of halogens is 3. The second-order valence-electron chi connectivity index (χ2n) is 8.49. The molecule has 7 nitrogen and oxygen atoms in total. The number of alkyl halides is 3. The first-order chi connectivity index (χ1) is 14.1. The van der Waals surface area contributed by atoms with E-state index in [-0.39, 0.29) is 30.0 Å². The van der Waals surface area contributed by atoms with E-state index in [9.17, 15) is 18.0 Å². The molecule has 1 saturated heterocycles. The van der Waals surface area contributed by atoms with E-state index < -0.39 is 18.3 Å². The van der Waals surface area contributed by atoms with Crippen LogP contribution < -0.4 is 5.32 Å². The number of carbonyl (C=O) groups is 1. The molecule has 0 unspecified atom stereocenters. The van der Waals surface area contributed by atoms with Gasteiger partial charge in [0.15, 0.2) is 11.9 Å². The van der Waals surface area contributed by atoms with Gasteiger partial charge in [0.25, 0.3) is 5.91 Å². The van der Waals surface area contributed by atoms with E-state index in [4.69, 9.17) is 4.42 Å². The van der Waals surface area contributed by atoms with Crippen molar-refractivity contribution in [3.63, 3.8) is 0 Å².